The number of rotatable bonds is 6. The van der Waals surface area contributed by atoms with Gasteiger partial charge >= 0.3 is 0 Å². The summed E-state index contributed by atoms with van der Waals surface area (Å²) >= 11 is 0. The standard InChI is InChI=1S/C29H25N7O4/c1-40-22-18-31-24(20-15-32-29(33-16-20)36-9-5-6-10-36)25-23(22)21(17-30-25)26(37)28(39)35-13-11-34(12-14-35)27(38)19-7-3-2-4-8-19/h2-10,15-18,30H,11-14H2,1H3. The maximum absolute atomic E-state index is 13.5. The molecule has 11 heteroatoms. The number of hydrogen-bond acceptors (Lipinski definition) is 7. The number of nitrogens with zero attached hydrogens (tertiary/aromatic N) is 6. The first-order valence-electron chi connectivity index (χ1n) is 12.7. The topological polar surface area (TPSA) is 126 Å². The van der Waals surface area contributed by atoms with Crippen LogP contribution in [0.3, 0.4) is 0 Å². The second-order valence-corrected chi connectivity index (χ2v) is 9.27. The molecule has 1 aliphatic rings. The second kappa shape index (κ2) is 10.4. The van der Waals surface area contributed by atoms with E-state index >= 15 is 0 Å². The van der Waals surface area contributed by atoms with Crippen molar-refractivity contribution in [1.82, 2.24) is 34.3 Å². The third-order valence-corrected chi connectivity index (χ3v) is 6.95. The summed E-state index contributed by atoms with van der Waals surface area (Å²) in [4.78, 5) is 59.1. The van der Waals surface area contributed by atoms with Crippen molar-refractivity contribution < 1.29 is 19.1 Å². The summed E-state index contributed by atoms with van der Waals surface area (Å²) in [7, 11) is 1.48. The summed E-state index contributed by atoms with van der Waals surface area (Å²) in [6.45, 7) is 1.22. The zero-order valence-electron chi connectivity index (χ0n) is 21.7. The number of H-pyrrole nitrogens is 1. The average molecular weight is 536 g/mol. The number of aromatic amines is 1. The molecule has 200 valence electrons. The van der Waals surface area contributed by atoms with E-state index in [2.05, 4.69) is 19.9 Å². The largest absolute Gasteiger partial charge is 0.494 e. The fraction of sp³-hybridized carbons (Fsp3) is 0.172. The van der Waals surface area contributed by atoms with Crippen LogP contribution in [-0.4, -0.2) is 85.2 Å². The fourth-order valence-corrected chi connectivity index (χ4v) is 4.85. The van der Waals surface area contributed by atoms with E-state index in [0.717, 1.165) is 0 Å². The molecular formula is C29H25N7O4. The number of carbonyl (C=O) groups is 3. The highest BCUT2D eigenvalue weighted by Crippen LogP contribution is 2.34. The molecule has 4 aromatic heterocycles. The van der Waals surface area contributed by atoms with Crippen LogP contribution in [0, 0.1) is 0 Å². The quantitative estimate of drug-likeness (QED) is 0.262. The number of carbonyl (C=O) groups excluding carboxylic acids is 3. The normalized spacial score (nSPS) is 13.4. The molecule has 1 aliphatic heterocycles. The molecule has 0 saturated carbocycles. The molecule has 5 aromatic rings. The van der Waals surface area contributed by atoms with Crippen molar-refractivity contribution >= 4 is 28.5 Å². The number of ether oxygens (including phenoxy) is 1. The Kier molecular flexibility index (Phi) is 6.52. The number of benzene rings is 1. The maximum Gasteiger partial charge on any atom is 0.295 e. The highest BCUT2D eigenvalue weighted by atomic mass is 16.5. The highest BCUT2D eigenvalue weighted by Gasteiger charge is 2.31. The summed E-state index contributed by atoms with van der Waals surface area (Å²) in [5.41, 5.74) is 2.47. The van der Waals surface area contributed by atoms with Crippen molar-refractivity contribution in [2.45, 2.75) is 0 Å². The van der Waals surface area contributed by atoms with Crippen molar-refractivity contribution in [2.75, 3.05) is 33.3 Å². The Morgan fingerprint density at radius 1 is 0.850 bits per heavy atom. The number of piperazine rings is 1. The number of aromatic nitrogens is 5. The Balaban J connectivity index is 1.23. The summed E-state index contributed by atoms with van der Waals surface area (Å²) < 4.78 is 7.29. The molecule has 0 spiro atoms. The Hall–Kier alpha value is -5.32. The smallest absolute Gasteiger partial charge is 0.295 e. The van der Waals surface area contributed by atoms with Crippen molar-refractivity contribution in [2.24, 2.45) is 0 Å². The van der Waals surface area contributed by atoms with Crippen LogP contribution in [0.15, 0.2) is 79.6 Å². The van der Waals surface area contributed by atoms with E-state index in [1.807, 2.05) is 42.7 Å². The van der Waals surface area contributed by atoms with E-state index in [9.17, 15) is 14.4 Å². The second-order valence-electron chi connectivity index (χ2n) is 9.27. The number of nitrogens with one attached hydrogen (secondary N) is 1. The van der Waals surface area contributed by atoms with Crippen LogP contribution in [0.1, 0.15) is 20.7 Å². The van der Waals surface area contributed by atoms with Gasteiger partial charge in [-0.25, -0.2) is 9.97 Å². The summed E-state index contributed by atoms with van der Waals surface area (Å²) in [6.07, 6.45) is 10.0. The predicted octanol–water partition coefficient (Wildman–Crippen LogP) is 2.99. The van der Waals surface area contributed by atoms with Crippen LogP contribution in [-0.2, 0) is 4.79 Å². The van der Waals surface area contributed by atoms with Gasteiger partial charge in [-0.3, -0.25) is 23.9 Å². The molecule has 1 saturated heterocycles. The number of ketones is 1. The minimum atomic E-state index is -0.663. The lowest BCUT2D eigenvalue weighted by Gasteiger charge is -2.34. The predicted molar refractivity (Wildman–Crippen MR) is 146 cm³/mol. The molecule has 2 amide bonds. The summed E-state index contributed by atoms with van der Waals surface area (Å²) in [6, 6.07) is 12.8. The number of pyridine rings is 1. The zero-order chi connectivity index (χ0) is 27.6. The third kappa shape index (κ3) is 4.47. The zero-order valence-corrected chi connectivity index (χ0v) is 21.7. The molecule has 0 radical (unpaired) electrons. The number of Topliss-reactive ketones (excluding diaryl/α,β-unsaturated/α-hetero) is 1. The Morgan fingerprint density at radius 3 is 2.20 bits per heavy atom. The van der Waals surface area contributed by atoms with Crippen LogP contribution in [0.2, 0.25) is 0 Å². The molecule has 11 nitrogen and oxygen atoms in total. The first-order chi connectivity index (χ1) is 19.5. The van der Waals surface area contributed by atoms with Crippen molar-refractivity contribution in [3.63, 3.8) is 0 Å². The van der Waals surface area contributed by atoms with E-state index in [-0.39, 0.29) is 24.6 Å². The van der Waals surface area contributed by atoms with Gasteiger partial charge < -0.3 is 19.5 Å². The molecule has 40 heavy (non-hydrogen) atoms. The van der Waals surface area contributed by atoms with Gasteiger partial charge in [0.15, 0.2) is 0 Å². The summed E-state index contributed by atoms with van der Waals surface area (Å²) in [5, 5.41) is 0.457. The highest BCUT2D eigenvalue weighted by molar-refractivity contribution is 6.45. The number of amides is 2. The van der Waals surface area contributed by atoms with Crippen LogP contribution >= 0.6 is 0 Å². The van der Waals surface area contributed by atoms with Gasteiger partial charge in [0.05, 0.1) is 35.5 Å². The lowest BCUT2D eigenvalue weighted by molar-refractivity contribution is -0.127. The summed E-state index contributed by atoms with van der Waals surface area (Å²) in [5.74, 6) is -0.515. The lowest BCUT2D eigenvalue weighted by Crippen LogP contribution is -2.52. The third-order valence-electron chi connectivity index (χ3n) is 6.95. The molecule has 0 bridgehead atoms. The molecule has 0 atom stereocenters. The molecule has 1 N–H and O–H groups in total. The van der Waals surface area contributed by atoms with Crippen LogP contribution < -0.4 is 4.74 Å². The monoisotopic (exact) mass is 535 g/mol. The van der Waals surface area contributed by atoms with E-state index in [4.69, 9.17) is 4.74 Å². The van der Waals surface area contributed by atoms with Gasteiger partial charge in [0, 0.05) is 68.3 Å². The fourth-order valence-electron chi connectivity index (χ4n) is 4.85. The van der Waals surface area contributed by atoms with E-state index in [1.165, 1.54) is 24.4 Å². The van der Waals surface area contributed by atoms with Gasteiger partial charge in [0.25, 0.3) is 17.6 Å². The minimum absolute atomic E-state index is 0.0919. The number of hydrogen-bond donors (Lipinski definition) is 1. The van der Waals surface area contributed by atoms with E-state index in [1.54, 1.807) is 34.0 Å². The average Bonchev–Trinajstić information content (AvgIpc) is 3.72. The SMILES string of the molecule is COc1cnc(-c2cnc(-n3cccc3)nc2)c2[nH]cc(C(=O)C(=O)N3CCN(C(=O)c4ccccc4)CC3)c12. The van der Waals surface area contributed by atoms with E-state index in [0.29, 0.717) is 52.5 Å². The molecule has 1 aromatic carbocycles. The molecule has 0 aliphatic carbocycles. The maximum atomic E-state index is 13.5. The molecule has 6 rings (SSSR count). The molecule has 5 heterocycles. The van der Waals surface area contributed by atoms with Crippen molar-refractivity contribution in [3.05, 3.63) is 90.8 Å². The number of fused-ring (bicyclic) bond motifs is 1. The van der Waals surface area contributed by atoms with Gasteiger partial charge in [-0.05, 0) is 24.3 Å². The van der Waals surface area contributed by atoms with E-state index < -0.39 is 11.7 Å². The molecular weight excluding hydrogens is 510 g/mol. The Bertz CT molecular complexity index is 1690. The van der Waals surface area contributed by atoms with Crippen molar-refractivity contribution in [3.8, 4) is 23.0 Å². The minimum Gasteiger partial charge on any atom is -0.494 e. The van der Waals surface area contributed by atoms with Gasteiger partial charge in [0.2, 0.25) is 5.95 Å². The van der Waals surface area contributed by atoms with Crippen LogP contribution in [0.4, 0.5) is 0 Å². The van der Waals surface area contributed by atoms with Gasteiger partial charge in [-0.2, -0.15) is 0 Å². The van der Waals surface area contributed by atoms with Gasteiger partial charge in [-0.1, -0.05) is 18.2 Å². The van der Waals surface area contributed by atoms with Crippen LogP contribution in [0.25, 0.3) is 28.1 Å². The first kappa shape index (κ1) is 25.0. The molecule has 1 fully saturated rings. The van der Waals surface area contributed by atoms with Crippen LogP contribution in [0.5, 0.6) is 5.75 Å². The number of methoxy groups -OCH3 is 1. The van der Waals surface area contributed by atoms with Crippen molar-refractivity contribution in [1.29, 1.82) is 0 Å². The Labute approximate surface area is 229 Å². The first-order valence-corrected chi connectivity index (χ1v) is 12.7. The lowest BCUT2D eigenvalue weighted by atomic mass is 10.1. The Morgan fingerprint density at radius 2 is 1.52 bits per heavy atom. The van der Waals surface area contributed by atoms with Gasteiger partial charge in [0.1, 0.15) is 5.75 Å². The molecule has 0 unspecified atom stereocenters. The van der Waals surface area contributed by atoms with Gasteiger partial charge in [-0.15, -0.1) is 0 Å².